The van der Waals surface area contributed by atoms with Crippen molar-refractivity contribution in [2.75, 3.05) is 13.1 Å². The van der Waals surface area contributed by atoms with E-state index in [4.69, 9.17) is 5.73 Å². The van der Waals surface area contributed by atoms with Crippen molar-refractivity contribution in [2.45, 2.75) is 39.5 Å². The Bertz CT molecular complexity index is 197. The topological polar surface area (TPSA) is 55.1 Å². The van der Waals surface area contributed by atoms with E-state index < -0.39 is 0 Å². The SMILES string of the molecule is CC(CNCC1(C)CCCC1)C(N)=O. The van der Waals surface area contributed by atoms with Gasteiger partial charge in [-0.05, 0) is 18.3 Å². The van der Waals surface area contributed by atoms with Crippen LogP contribution in [-0.4, -0.2) is 19.0 Å². The van der Waals surface area contributed by atoms with Gasteiger partial charge in [-0.3, -0.25) is 4.79 Å². The molecule has 1 aliphatic rings. The van der Waals surface area contributed by atoms with E-state index in [1.165, 1.54) is 25.7 Å². The molecule has 3 heteroatoms. The van der Waals surface area contributed by atoms with Gasteiger partial charge in [0, 0.05) is 19.0 Å². The third-order valence-electron chi connectivity index (χ3n) is 3.30. The Labute approximate surface area is 86.4 Å². The molecule has 1 unspecified atom stereocenters. The summed E-state index contributed by atoms with van der Waals surface area (Å²) in [6.45, 7) is 5.92. The highest BCUT2D eigenvalue weighted by atomic mass is 16.1. The highest BCUT2D eigenvalue weighted by molar-refractivity contribution is 5.76. The van der Waals surface area contributed by atoms with E-state index in [2.05, 4.69) is 12.2 Å². The van der Waals surface area contributed by atoms with Gasteiger partial charge in [0.05, 0.1) is 0 Å². The monoisotopic (exact) mass is 198 g/mol. The summed E-state index contributed by atoms with van der Waals surface area (Å²) in [6, 6.07) is 0. The number of nitrogens with two attached hydrogens (primary N) is 1. The largest absolute Gasteiger partial charge is 0.369 e. The van der Waals surface area contributed by atoms with Gasteiger partial charge in [-0.25, -0.2) is 0 Å². The molecule has 0 aromatic rings. The second-order valence-electron chi connectivity index (χ2n) is 4.95. The smallest absolute Gasteiger partial charge is 0.221 e. The molecule has 1 rings (SSSR count). The molecule has 1 atom stereocenters. The lowest BCUT2D eigenvalue weighted by Gasteiger charge is -2.24. The summed E-state index contributed by atoms with van der Waals surface area (Å²) in [6.07, 6.45) is 5.32. The number of amides is 1. The molecule has 1 amide bonds. The second kappa shape index (κ2) is 4.78. The van der Waals surface area contributed by atoms with Gasteiger partial charge in [0.2, 0.25) is 5.91 Å². The van der Waals surface area contributed by atoms with Gasteiger partial charge in [-0.2, -0.15) is 0 Å². The number of nitrogens with one attached hydrogen (secondary N) is 1. The van der Waals surface area contributed by atoms with Crippen LogP contribution in [0.5, 0.6) is 0 Å². The highest BCUT2D eigenvalue weighted by Gasteiger charge is 2.28. The van der Waals surface area contributed by atoms with Crippen LogP contribution in [0, 0.1) is 11.3 Å². The van der Waals surface area contributed by atoms with Crippen LogP contribution in [0.3, 0.4) is 0 Å². The Morgan fingerprint density at radius 1 is 1.50 bits per heavy atom. The molecule has 3 N–H and O–H groups in total. The predicted molar refractivity (Wildman–Crippen MR) is 57.8 cm³/mol. The van der Waals surface area contributed by atoms with Crippen molar-refractivity contribution in [2.24, 2.45) is 17.1 Å². The van der Waals surface area contributed by atoms with E-state index in [1.54, 1.807) is 0 Å². The van der Waals surface area contributed by atoms with E-state index in [0.29, 0.717) is 12.0 Å². The fourth-order valence-corrected chi connectivity index (χ4v) is 2.10. The Kier molecular flexibility index (Phi) is 3.93. The average Bonchev–Trinajstić information content (AvgIpc) is 2.52. The summed E-state index contributed by atoms with van der Waals surface area (Å²) >= 11 is 0. The molecule has 1 saturated carbocycles. The van der Waals surface area contributed by atoms with Gasteiger partial charge in [0.25, 0.3) is 0 Å². The normalized spacial score (nSPS) is 22.1. The zero-order chi connectivity index (χ0) is 10.6. The molecule has 1 fully saturated rings. The zero-order valence-electron chi connectivity index (χ0n) is 9.31. The van der Waals surface area contributed by atoms with Gasteiger partial charge in [-0.1, -0.05) is 26.7 Å². The average molecular weight is 198 g/mol. The van der Waals surface area contributed by atoms with E-state index >= 15 is 0 Å². The summed E-state index contributed by atoms with van der Waals surface area (Å²) in [5.41, 5.74) is 5.64. The molecule has 3 nitrogen and oxygen atoms in total. The molecule has 0 spiro atoms. The minimum atomic E-state index is -0.214. The maximum atomic E-state index is 10.8. The lowest BCUT2D eigenvalue weighted by molar-refractivity contribution is -0.121. The standard InChI is InChI=1S/C11H22N2O/c1-9(10(12)14)7-13-8-11(2)5-3-4-6-11/h9,13H,3-8H2,1-2H3,(H2,12,14). The molecule has 0 aromatic carbocycles. The van der Waals surface area contributed by atoms with Crippen molar-refractivity contribution in [1.82, 2.24) is 5.32 Å². The lowest BCUT2D eigenvalue weighted by atomic mass is 9.89. The summed E-state index contributed by atoms with van der Waals surface area (Å²) < 4.78 is 0. The van der Waals surface area contributed by atoms with Crippen molar-refractivity contribution in [1.29, 1.82) is 0 Å². The van der Waals surface area contributed by atoms with Gasteiger partial charge in [-0.15, -0.1) is 0 Å². The van der Waals surface area contributed by atoms with Crippen LogP contribution in [0.2, 0.25) is 0 Å². The first-order valence-corrected chi connectivity index (χ1v) is 5.53. The van der Waals surface area contributed by atoms with E-state index in [9.17, 15) is 4.79 Å². The Balaban J connectivity index is 2.17. The third kappa shape index (κ3) is 3.29. The van der Waals surface area contributed by atoms with Crippen molar-refractivity contribution < 1.29 is 4.79 Å². The van der Waals surface area contributed by atoms with Crippen LogP contribution in [0.1, 0.15) is 39.5 Å². The number of rotatable bonds is 5. The molecule has 0 bridgehead atoms. The zero-order valence-corrected chi connectivity index (χ0v) is 9.31. The molecule has 0 radical (unpaired) electrons. The molecular weight excluding hydrogens is 176 g/mol. The molecule has 0 saturated heterocycles. The Morgan fingerprint density at radius 3 is 2.57 bits per heavy atom. The van der Waals surface area contributed by atoms with Crippen molar-refractivity contribution in [3.05, 3.63) is 0 Å². The Hall–Kier alpha value is -0.570. The molecule has 82 valence electrons. The molecular formula is C11H22N2O. The highest BCUT2D eigenvalue weighted by Crippen LogP contribution is 2.36. The van der Waals surface area contributed by atoms with E-state index in [0.717, 1.165) is 6.54 Å². The van der Waals surface area contributed by atoms with Crippen LogP contribution in [0.25, 0.3) is 0 Å². The second-order valence-corrected chi connectivity index (χ2v) is 4.95. The molecule has 1 aliphatic carbocycles. The fourth-order valence-electron chi connectivity index (χ4n) is 2.10. The summed E-state index contributed by atoms with van der Waals surface area (Å²) in [7, 11) is 0. The predicted octanol–water partition coefficient (Wildman–Crippen LogP) is 1.28. The van der Waals surface area contributed by atoms with Crippen LogP contribution in [0.4, 0.5) is 0 Å². The maximum absolute atomic E-state index is 10.8. The van der Waals surface area contributed by atoms with Crippen LogP contribution < -0.4 is 11.1 Å². The van der Waals surface area contributed by atoms with Crippen molar-refractivity contribution >= 4 is 5.91 Å². The number of hydrogen-bond donors (Lipinski definition) is 2. The number of primary amides is 1. The first kappa shape index (κ1) is 11.5. The van der Waals surface area contributed by atoms with Gasteiger partial charge >= 0.3 is 0 Å². The number of hydrogen-bond acceptors (Lipinski definition) is 2. The summed E-state index contributed by atoms with van der Waals surface area (Å²) in [5, 5.41) is 3.35. The Morgan fingerprint density at radius 2 is 2.07 bits per heavy atom. The van der Waals surface area contributed by atoms with Crippen LogP contribution in [0.15, 0.2) is 0 Å². The first-order valence-electron chi connectivity index (χ1n) is 5.53. The molecule has 0 aromatic heterocycles. The number of carbonyl (C=O) groups excluding carboxylic acids is 1. The summed E-state index contributed by atoms with van der Waals surface area (Å²) in [5.74, 6) is -0.269. The van der Waals surface area contributed by atoms with Gasteiger partial charge < -0.3 is 11.1 Å². The third-order valence-corrected chi connectivity index (χ3v) is 3.30. The van der Waals surface area contributed by atoms with Gasteiger partial charge in [0.15, 0.2) is 0 Å². The van der Waals surface area contributed by atoms with E-state index in [1.807, 2.05) is 6.92 Å². The quantitative estimate of drug-likeness (QED) is 0.699. The molecule has 0 aliphatic heterocycles. The van der Waals surface area contributed by atoms with Crippen LogP contribution in [-0.2, 0) is 4.79 Å². The van der Waals surface area contributed by atoms with Crippen LogP contribution >= 0.6 is 0 Å². The first-order chi connectivity index (χ1) is 6.53. The molecule has 0 heterocycles. The minimum absolute atomic E-state index is 0.0556. The van der Waals surface area contributed by atoms with Crippen molar-refractivity contribution in [3.63, 3.8) is 0 Å². The minimum Gasteiger partial charge on any atom is -0.369 e. The number of carbonyl (C=O) groups is 1. The van der Waals surface area contributed by atoms with Crippen molar-refractivity contribution in [3.8, 4) is 0 Å². The fraction of sp³-hybridized carbons (Fsp3) is 0.909. The lowest BCUT2D eigenvalue weighted by Crippen LogP contribution is -2.36. The van der Waals surface area contributed by atoms with E-state index in [-0.39, 0.29) is 11.8 Å². The van der Waals surface area contributed by atoms with Gasteiger partial charge in [0.1, 0.15) is 0 Å². The summed E-state index contributed by atoms with van der Waals surface area (Å²) in [4.78, 5) is 10.8. The molecule has 14 heavy (non-hydrogen) atoms. The maximum Gasteiger partial charge on any atom is 0.221 e.